The molecule has 1 saturated heterocycles. The number of amides is 1. The number of sulfone groups is 1. The minimum Gasteiger partial charge on any atom is -0.352 e. The summed E-state index contributed by atoms with van der Waals surface area (Å²) in [7, 11) is -2.99. The summed E-state index contributed by atoms with van der Waals surface area (Å²) in [6.07, 6.45) is 1.77. The summed E-state index contributed by atoms with van der Waals surface area (Å²) in [6, 6.07) is 6.82. The van der Waals surface area contributed by atoms with Gasteiger partial charge >= 0.3 is 0 Å². The van der Waals surface area contributed by atoms with Crippen LogP contribution in [0.1, 0.15) is 25.1 Å². The Kier molecular flexibility index (Phi) is 4.66. The lowest BCUT2D eigenvalue weighted by Gasteiger charge is -2.10. The molecule has 0 spiro atoms. The number of aromatic amines is 1. The molecule has 1 fully saturated rings. The molecule has 2 aromatic rings. The topological polar surface area (TPSA) is 109 Å². The predicted molar refractivity (Wildman–Crippen MR) is 90.5 cm³/mol. The molecule has 8 heteroatoms. The van der Waals surface area contributed by atoms with Gasteiger partial charge in [-0.05, 0) is 25.0 Å². The second-order valence-corrected chi connectivity index (χ2v) is 8.28. The maximum absolute atomic E-state index is 12.0. The van der Waals surface area contributed by atoms with Gasteiger partial charge in [-0.1, -0.05) is 12.1 Å². The number of benzene rings is 1. The van der Waals surface area contributed by atoms with Crippen LogP contribution in [-0.2, 0) is 21.1 Å². The number of carbonyl (C=O) groups is 1. The van der Waals surface area contributed by atoms with Crippen LogP contribution >= 0.6 is 0 Å². The number of aryl methyl sites for hydroxylation is 1. The van der Waals surface area contributed by atoms with E-state index in [4.69, 9.17) is 0 Å². The van der Waals surface area contributed by atoms with Gasteiger partial charge in [-0.3, -0.25) is 9.59 Å². The maximum atomic E-state index is 12.0. The Morgan fingerprint density at radius 2 is 2.12 bits per heavy atom. The quantitative estimate of drug-likeness (QED) is 0.819. The van der Waals surface area contributed by atoms with E-state index in [0.29, 0.717) is 36.0 Å². The molecule has 1 aromatic carbocycles. The molecule has 0 bridgehead atoms. The molecule has 0 aliphatic carbocycles. The van der Waals surface area contributed by atoms with Crippen molar-refractivity contribution >= 4 is 26.6 Å². The standard InChI is InChI=1S/C16H19N3O4S/c20-15(17-11-8-9-24(22,23)10-11)7-3-6-14-18-13-5-2-1-4-12(13)16(21)19-14/h1-2,4-5,11H,3,6-10H2,(H,17,20)(H,18,19,21)/t11-/m0/s1. The second kappa shape index (κ2) is 6.72. The summed E-state index contributed by atoms with van der Waals surface area (Å²) < 4.78 is 22.7. The molecule has 3 rings (SSSR count). The number of hydrogen-bond acceptors (Lipinski definition) is 5. The lowest BCUT2D eigenvalue weighted by molar-refractivity contribution is -0.121. The number of nitrogens with zero attached hydrogens (tertiary/aromatic N) is 1. The number of carbonyl (C=O) groups excluding carboxylic acids is 1. The van der Waals surface area contributed by atoms with Crippen molar-refractivity contribution in [3.05, 3.63) is 40.4 Å². The van der Waals surface area contributed by atoms with Crippen LogP contribution in [0.5, 0.6) is 0 Å². The van der Waals surface area contributed by atoms with Crippen molar-refractivity contribution < 1.29 is 13.2 Å². The third-order valence-electron chi connectivity index (χ3n) is 4.08. The van der Waals surface area contributed by atoms with Gasteiger partial charge in [0, 0.05) is 18.9 Å². The van der Waals surface area contributed by atoms with Gasteiger partial charge in [0.1, 0.15) is 5.82 Å². The second-order valence-electron chi connectivity index (χ2n) is 6.05. The van der Waals surface area contributed by atoms with Gasteiger partial charge in [0.15, 0.2) is 9.84 Å². The molecule has 1 aliphatic heterocycles. The number of hydrogen-bond donors (Lipinski definition) is 2. The number of nitrogens with one attached hydrogen (secondary N) is 2. The van der Waals surface area contributed by atoms with Gasteiger partial charge in [0.05, 0.1) is 22.4 Å². The molecule has 0 saturated carbocycles. The van der Waals surface area contributed by atoms with Gasteiger partial charge in [-0.25, -0.2) is 13.4 Å². The monoisotopic (exact) mass is 349 g/mol. The highest BCUT2D eigenvalue weighted by molar-refractivity contribution is 7.91. The number of aromatic nitrogens is 2. The summed E-state index contributed by atoms with van der Waals surface area (Å²) in [4.78, 5) is 31.0. The highest BCUT2D eigenvalue weighted by Crippen LogP contribution is 2.12. The summed E-state index contributed by atoms with van der Waals surface area (Å²) in [6.45, 7) is 0. The van der Waals surface area contributed by atoms with Crippen molar-refractivity contribution in [2.75, 3.05) is 11.5 Å². The molecule has 7 nitrogen and oxygen atoms in total. The zero-order chi connectivity index (χ0) is 17.2. The molecule has 0 radical (unpaired) electrons. The first kappa shape index (κ1) is 16.6. The van der Waals surface area contributed by atoms with Crippen LogP contribution in [0, 0.1) is 0 Å². The van der Waals surface area contributed by atoms with E-state index in [1.807, 2.05) is 6.07 Å². The Hall–Kier alpha value is -2.22. The normalized spacial score (nSPS) is 19.4. The summed E-state index contributed by atoms with van der Waals surface area (Å²) >= 11 is 0. The Morgan fingerprint density at radius 3 is 2.88 bits per heavy atom. The molecule has 0 unspecified atom stereocenters. The molecule has 1 atom stereocenters. The first-order valence-corrected chi connectivity index (χ1v) is 9.73. The summed E-state index contributed by atoms with van der Waals surface area (Å²) in [5.74, 6) is 0.550. The first-order valence-electron chi connectivity index (χ1n) is 7.91. The van der Waals surface area contributed by atoms with Crippen molar-refractivity contribution in [2.45, 2.75) is 31.7 Å². The molecule has 2 N–H and O–H groups in total. The van der Waals surface area contributed by atoms with Crippen LogP contribution in [0.15, 0.2) is 29.1 Å². The third kappa shape index (κ3) is 4.00. The van der Waals surface area contributed by atoms with Gasteiger partial charge < -0.3 is 10.3 Å². The van der Waals surface area contributed by atoms with Crippen LogP contribution in [0.3, 0.4) is 0 Å². The Bertz CT molecular complexity index is 920. The predicted octanol–water partition coefficient (Wildman–Crippen LogP) is 0.549. The molecule has 2 heterocycles. The lowest BCUT2D eigenvalue weighted by atomic mass is 10.2. The number of rotatable bonds is 5. The molecule has 1 amide bonds. The molecule has 24 heavy (non-hydrogen) atoms. The zero-order valence-electron chi connectivity index (χ0n) is 13.1. The van der Waals surface area contributed by atoms with E-state index in [0.717, 1.165) is 0 Å². The van der Waals surface area contributed by atoms with Crippen molar-refractivity contribution in [1.29, 1.82) is 0 Å². The smallest absolute Gasteiger partial charge is 0.258 e. The molecule has 1 aliphatic rings. The molecule has 1 aromatic heterocycles. The van der Waals surface area contributed by atoms with Crippen LogP contribution in [-0.4, -0.2) is 41.8 Å². The minimum absolute atomic E-state index is 0.0261. The SMILES string of the molecule is O=C(CCCc1nc2ccccc2c(=O)[nH]1)N[C@H]1CCS(=O)(=O)C1. The Morgan fingerprint density at radius 1 is 1.33 bits per heavy atom. The van der Waals surface area contributed by atoms with Crippen LogP contribution < -0.4 is 10.9 Å². The van der Waals surface area contributed by atoms with Crippen molar-refractivity contribution in [2.24, 2.45) is 0 Å². The largest absolute Gasteiger partial charge is 0.352 e. The Labute approximate surface area is 139 Å². The fraction of sp³-hybridized carbons (Fsp3) is 0.438. The average Bonchev–Trinajstić information content (AvgIpc) is 2.86. The number of H-pyrrole nitrogens is 1. The third-order valence-corrected chi connectivity index (χ3v) is 5.84. The van der Waals surface area contributed by atoms with Crippen molar-refractivity contribution in [3.8, 4) is 0 Å². The van der Waals surface area contributed by atoms with E-state index in [-0.39, 0.29) is 35.4 Å². The minimum atomic E-state index is -2.99. The summed E-state index contributed by atoms with van der Waals surface area (Å²) in [5, 5.41) is 3.29. The molecular formula is C16H19N3O4S. The highest BCUT2D eigenvalue weighted by Gasteiger charge is 2.28. The fourth-order valence-corrected chi connectivity index (χ4v) is 4.55. The summed E-state index contributed by atoms with van der Waals surface area (Å²) in [5.41, 5.74) is 0.452. The average molecular weight is 349 g/mol. The van der Waals surface area contributed by atoms with Crippen molar-refractivity contribution in [3.63, 3.8) is 0 Å². The van der Waals surface area contributed by atoms with Gasteiger partial charge in [-0.2, -0.15) is 0 Å². The first-order chi connectivity index (χ1) is 11.4. The van der Waals surface area contributed by atoms with Crippen molar-refractivity contribution in [1.82, 2.24) is 15.3 Å². The fourth-order valence-electron chi connectivity index (χ4n) is 2.88. The van der Waals surface area contributed by atoms with Gasteiger partial charge in [-0.15, -0.1) is 0 Å². The highest BCUT2D eigenvalue weighted by atomic mass is 32.2. The maximum Gasteiger partial charge on any atom is 0.258 e. The zero-order valence-corrected chi connectivity index (χ0v) is 13.9. The molecule has 128 valence electrons. The van der Waals surface area contributed by atoms with Gasteiger partial charge in [0.25, 0.3) is 5.56 Å². The van der Waals surface area contributed by atoms with E-state index >= 15 is 0 Å². The molecular weight excluding hydrogens is 330 g/mol. The number of fused-ring (bicyclic) bond motifs is 1. The van der Waals surface area contributed by atoms with Crippen LogP contribution in [0.2, 0.25) is 0 Å². The number of para-hydroxylation sites is 1. The van der Waals surface area contributed by atoms with E-state index in [2.05, 4.69) is 15.3 Å². The van der Waals surface area contributed by atoms with E-state index in [1.54, 1.807) is 18.2 Å². The van der Waals surface area contributed by atoms with E-state index in [9.17, 15) is 18.0 Å². The van der Waals surface area contributed by atoms with Crippen LogP contribution in [0.4, 0.5) is 0 Å². The Balaban J connectivity index is 1.53. The van der Waals surface area contributed by atoms with Gasteiger partial charge in [0.2, 0.25) is 5.91 Å². The van der Waals surface area contributed by atoms with Crippen LogP contribution in [0.25, 0.3) is 10.9 Å². The lowest BCUT2D eigenvalue weighted by Crippen LogP contribution is -2.35. The van der Waals surface area contributed by atoms with E-state index in [1.165, 1.54) is 0 Å². The van der Waals surface area contributed by atoms with E-state index < -0.39 is 9.84 Å².